The molecule has 0 aliphatic carbocycles. The van der Waals surface area contributed by atoms with Gasteiger partial charge in [-0.3, -0.25) is 0 Å². The summed E-state index contributed by atoms with van der Waals surface area (Å²) in [6.45, 7) is -0.00202. The van der Waals surface area contributed by atoms with Crippen LogP contribution in [-0.4, -0.2) is 12.7 Å². The number of rotatable bonds is 1. The number of ether oxygens (including phenoxy) is 1. The molecule has 0 saturated carbocycles. The van der Waals surface area contributed by atoms with Crippen LogP contribution in [0.25, 0.3) is 0 Å². The fourth-order valence-corrected chi connectivity index (χ4v) is 0.905. The Hall–Kier alpha value is -1.66. The van der Waals surface area contributed by atoms with E-state index in [4.69, 9.17) is 17.3 Å². The van der Waals surface area contributed by atoms with Crippen molar-refractivity contribution < 1.29 is 9.53 Å². The van der Waals surface area contributed by atoms with Crippen LogP contribution in [0.15, 0.2) is 24.3 Å². The van der Waals surface area contributed by atoms with Gasteiger partial charge in [-0.1, -0.05) is 23.4 Å². The Morgan fingerprint density at radius 3 is 2.64 bits per heavy atom. The van der Waals surface area contributed by atoms with Crippen molar-refractivity contribution in [2.45, 2.75) is 0 Å². The van der Waals surface area contributed by atoms with Gasteiger partial charge in [0.15, 0.2) is 6.61 Å². The van der Waals surface area contributed by atoms with Crippen molar-refractivity contribution in [2.75, 3.05) is 6.61 Å². The third kappa shape index (κ3) is 3.83. The lowest BCUT2D eigenvalue weighted by Gasteiger charge is -1.92. The first-order valence-electron chi connectivity index (χ1n) is 3.85. The van der Waals surface area contributed by atoms with Gasteiger partial charge in [0.25, 0.3) is 0 Å². The van der Waals surface area contributed by atoms with Crippen molar-refractivity contribution in [3.05, 3.63) is 34.9 Å². The molecule has 0 unspecified atom stereocenters. The number of carbonyl (C=O) groups excluding carboxylic acids is 1. The van der Waals surface area contributed by atoms with Crippen molar-refractivity contribution in [1.29, 1.82) is 0 Å². The minimum absolute atomic E-state index is 0.00202. The van der Waals surface area contributed by atoms with Gasteiger partial charge in [0.1, 0.15) is 0 Å². The van der Waals surface area contributed by atoms with Gasteiger partial charge in [0.2, 0.25) is 0 Å². The molecule has 1 rings (SSSR count). The van der Waals surface area contributed by atoms with Gasteiger partial charge < -0.3 is 10.5 Å². The monoisotopic (exact) mass is 209 g/mol. The molecular formula is C10H8ClNO2. The summed E-state index contributed by atoms with van der Waals surface area (Å²) >= 11 is 5.68. The Bertz CT molecular complexity index is 375. The van der Waals surface area contributed by atoms with Crippen molar-refractivity contribution in [3.63, 3.8) is 0 Å². The van der Waals surface area contributed by atoms with E-state index in [1.807, 2.05) is 0 Å². The Balaban J connectivity index is 2.51. The number of primary amides is 1. The average molecular weight is 210 g/mol. The minimum Gasteiger partial charge on any atom is -0.437 e. The quantitative estimate of drug-likeness (QED) is 0.717. The third-order valence-electron chi connectivity index (χ3n) is 1.36. The molecule has 0 spiro atoms. The van der Waals surface area contributed by atoms with Crippen molar-refractivity contribution in [2.24, 2.45) is 5.73 Å². The van der Waals surface area contributed by atoms with Crippen LogP contribution in [0, 0.1) is 11.8 Å². The maximum Gasteiger partial charge on any atom is 0.405 e. The van der Waals surface area contributed by atoms with Crippen molar-refractivity contribution in [3.8, 4) is 11.8 Å². The fourth-order valence-electron chi connectivity index (χ4n) is 0.779. The highest BCUT2D eigenvalue weighted by molar-refractivity contribution is 6.30. The Morgan fingerprint density at radius 2 is 2.07 bits per heavy atom. The lowest BCUT2D eigenvalue weighted by Crippen LogP contribution is -2.12. The van der Waals surface area contributed by atoms with Gasteiger partial charge >= 0.3 is 6.09 Å². The third-order valence-corrected chi connectivity index (χ3v) is 1.62. The van der Waals surface area contributed by atoms with Crippen LogP contribution in [-0.2, 0) is 4.74 Å². The number of nitrogens with two attached hydrogens (primary N) is 1. The average Bonchev–Trinajstić information content (AvgIpc) is 2.15. The zero-order valence-corrected chi connectivity index (χ0v) is 8.04. The molecular weight excluding hydrogens is 202 g/mol. The highest BCUT2D eigenvalue weighted by atomic mass is 35.5. The molecule has 1 aromatic carbocycles. The van der Waals surface area contributed by atoms with Crippen molar-refractivity contribution >= 4 is 17.7 Å². The molecule has 3 nitrogen and oxygen atoms in total. The molecule has 4 heteroatoms. The van der Waals surface area contributed by atoms with E-state index in [9.17, 15) is 4.79 Å². The molecule has 0 aliphatic rings. The number of halogens is 1. The van der Waals surface area contributed by atoms with E-state index >= 15 is 0 Å². The first kappa shape index (κ1) is 10.4. The Labute approximate surface area is 86.8 Å². The molecule has 0 atom stereocenters. The first-order valence-corrected chi connectivity index (χ1v) is 4.23. The summed E-state index contributed by atoms with van der Waals surface area (Å²) in [6, 6.07) is 7.03. The molecule has 0 fully saturated rings. The Kier molecular flexibility index (Phi) is 3.84. The van der Waals surface area contributed by atoms with Gasteiger partial charge in [-0.05, 0) is 24.3 Å². The molecule has 1 amide bonds. The van der Waals surface area contributed by atoms with E-state index in [0.29, 0.717) is 5.02 Å². The summed E-state index contributed by atoms with van der Waals surface area (Å²) in [5, 5.41) is 0.656. The van der Waals surface area contributed by atoms with Crippen LogP contribution < -0.4 is 5.73 Å². The summed E-state index contributed by atoms with van der Waals surface area (Å²) in [4.78, 5) is 10.2. The van der Waals surface area contributed by atoms with Crippen LogP contribution in [0.2, 0.25) is 5.02 Å². The smallest absolute Gasteiger partial charge is 0.405 e. The molecule has 72 valence electrons. The molecule has 1 aromatic rings. The summed E-state index contributed by atoms with van der Waals surface area (Å²) in [6.07, 6.45) is -0.824. The molecule has 2 N–H and O–H groups in total. The second-order valence-corrected chi connectivity index (χ2v) is 2.85. The zero-order valence-electron chi connectivity index (χ0n) is 7.29. The molecule has 0 aliphatic heterocycles. The van der Waals surface area contributed by atoms with Crippen LogP contribution in [0.4, 0.5) is 4.79 Å². The van der Waals surface area contributed by atoms with Gasteiger partial charge in [-0.15, -0.1) is 0 Å². The highest BCUT2D eigenvalue weighted by Gasteiger charge is 1.88. The van der Waals surface area contributed by atoms with Crippen LogP contribution in [0.1, 0.15) is 5.56 Å². The van der Waals surface area contributed by atoms with Crippen LogP contribution in [0.5, 0.6) is 0 Å². The lowest BCUT2D eigenvalue weighted by atomic mass is 10.2. The summed E-state index contributed by atoms with van der Waals surface area (Å²) in [5.41, 5.74) is 5.55. The van der Waals surface area contributed by atoms with E-state index in [1.165, 1.54) is 0 Å². The van der Waals surface area contributed by atoms with Crippen LogP contribution >= 0.6 is 11.6 Å². The largest absolute Gasteiger partial charge is 0.437 e. The molecule has 0 heterocycles. The van der Waals surface area contributed by atoms with E-state index < -0.39 is 6.09 Å². The predicted octanol–water partition coefficient (Wildman–Crippen LogP) is 1.79. The molecule has 0 saturated heterocycles. The Morgan fingerprint density at radius 1 is 1.43 bits per heavy atom. The van der Waals surface area contributed by atoms with Crippen LogP contribution in [0.3, 0.4) is 0 Å². The molecule has 14 heavy (non-hydrogen) atoms. The maximum atomic E-state index is 10.2. The first-order chi connectivity index (χ1) is 6.68. The minimum atomic E-state index is -0.824. The molecule has 0 bridgehead atoms. The van der Waals surface area contributed by atoms with E-state index in [0.717, 1.165) is 5.56 Å². The highest BCUT2D eigenvalue weighted by Crippen LogP contribution is 2.08. The number of hydrogen-bond donors (Lipinski definition) is 1. The lowest BCUT2D eigenvalue weighted by molar-refractivity contribution is 0.171. The zero-order chi connectivity index (χ0) is 10.4. The maximum absolute atomic E-state index is 10.2. The number of amides is 1. The van der Waals surface area contributed by atoms with E-state index in [2.05, 4.69) is 16.6 Å². The van der Waals surface area contributed by atoms with E-state index in [-0.39, 0.29) is 6.61 Å². The van der Waals surface area contributed by atoms with Gasteiger partial charge in [0.05, 0.1) is 0 Å². The standard InChI is InChI=1S/C10H8ClNO2/c11-9-5-3-8(4-6-9)2-1-7-14-10(12)13/h3-6H,7H2,(H2,12,13). The second kappa shape index (κ2) is 5.15. The summed E-state index contributed by atoms with van der Waals surface area (Å²) in [7, 11) is 0. The van der Waals surface area contributed by atoms with Gasteiger partial charge in [0, 0.05) is 10.6 Å². The molecule has 0 aromatic heterocycles. The number of benzene rings is 1. The topological polar surface area (TPSA) is 52.3 Å². The normalized spacial score (nSPS) is 8.64. The SMILES string of the molecule is NC(=O)OCC#Cc1ccc(Cl)cc1. The predicted molar refractivity (Wildman–Crippen MR) is 53.9 cm³/mol. The number of hydrogen-bond acceptors (Lipinski definition) is 2. The fraction of sp³-hybridized carbons (Fsp3) is 0.100. The summed E-state index contributed by atoms with van der Waals surface area (Å²) in [5.74, 6) is 5.42. The van der Waals surface area contributed by atoms with Gasteiger partial charge in [-0.25, -0.2) is 4.79 Å². The van der Waals surface area contributed by atoms with Gasteiger partial charge in [-0.2, -0.15) is 0 Å². The second-order valence-electron chi connectivity index (χ2n) is 2.42. The summed E-state index contributed by atoms with van der Waals surface area (Å²) < 4.78 is 4.43. The van der Waals surface area contributed by atoms with E-state index in [1.54, 1.807) is 24.3 Å². The molecule has 0 radical (unpaired) electrons. The number of carbonyl (C=O) groups is 1. The van der Waals surface area contributed by atoms with Crippen molar-refractivity contribution in [1.82, 2.24) is 0 Å².